The van der Waals surface area contributed by atoms with Crippen molar-refractivity contribution in [2.24, 2.45) is 0 Å². The van der Waals surface area contributed by atoms with Gasteiger partial charge in [0.1, 0.15) is 17.3 Å². The Bertz CT molecular complexity index is 894. The van der Waals surface area contributed by atoms with Crippen LogP contribution < -0.4 is 15.4 Å². The molecule has 1 heterocycles. The van der Waals surface area contributed by atoms with Gasteiger partial charge in [-0.3, -0.25) is 4.79 Å². The topological polar surface area (TPSA) is 76.1 Å². The van der Waals surface area contributed by atoms with Crippen molar-refractivity contribution in [3.05, 3.63) is 72.2 Å². The third-order valence-electron chi connectivity index (χ3n) is 3.90. The molecule has 0 unspecified atom stereocenters. The molecule has 0 radical (unpaired) electrons. The van der Waals surface area contributed by atoms with Gasteiger partial charge in [0.25, 0.3) is 5.91 Å². The first-order valence-electron chi connectivity index (χ1n) is 8.32. The monoisotopic (exact) mass is 348 g/mol. The van der Waals surface area contributed by atoms with E-state index in [1.165, 1.54) is 12.4 Å². The van der Waals surface area contributed by atoms with E-state index in [2.05, 4.69) is 20.6 Å². The Balaban J connectivity index is 1.72. The van der Waals surface area contributed by atoms with Gasteiger partial charge in [-0.25, -0.2) is 9.97 Å². The fourth-order valence-electron chi connectivity index (χ4n) is 2.53. The Morgan fingerprint density at radius 3 is 2.42 bits per heavy atom. The molecule has 0 aliphatic rings. The van der Waals surface area contributed by atoms with Crippen LogP contribution in [0.4, 0.5) is 17.2 Å². The number of ether oxygens (including phenoxy) is 1. The zero-order chi connectivity index (χ0) is 18.4. The Kier molecular flexibility index (Phi) is 5.43. The molecular formula is C20H20N4O2. The molecule has 0 bridgehead atoms. The summed E-state index contributed by atoms with van der Waals surface area (Å²) in [6, 6.07) is 15.2. The fourth-order valence-corrected chi connectivity index (χ4v) is 2.53. The summed E-state index contributed by atoms with van der Waals surface area (Å²) in [5.41, 5.74) is 2.89. The first-order valence-corrected chi connectivity index (χ1v) is 8.32. The Hall–Kier alpha value is -3.41. The third kappa shape index (κ3) is 3.97. The van der Waals surface area contributed by atoms with Gasteiger partial charge in [0, 0.05) is 5.69 Å². The first-order chi connectivity index (χ1) is 12.7. The van der Waals surface area contributed by atoms with Gasteiger partial charge in [0.05, 0.1) is 25.2 Å². The zero-order valence-corrected chi connectivity index (χ0v) is 14.7. The van der Waals surface area contributed by atoms with Crippen LogP contribution >= 0.6 is 0 Å². The molecular weight excluding hydrogens is 328 g/mol. The second-order valence-electron chi connectivity index (χ2n) is 5.58. The normalized spacial score (nSPS) is 10.2. The van der Waals surface area contributed by atoms with Crippen LogP contribution in [-0.4, -0.2) is 23.0 Å². The molecule has 2 N–H and O–H groups in total. The summed E-state index contributed by atoms with van der Waals surface area (Å²) < 4.78 is 5.29. The molecule has 0 spiro atoms. The standard InChI is InChI=1S/C20H20N4O2/c1-3-14-8-4-5-9-15(14)24-20(25)17-12-22-19(13-21-17)23-16-10-6-7-11-18(16)26-2/h4-13H,3H2,1-2H3,(H,22,23)(H,24,25). The average Bonchev–Trinajstić information content (AvgIpc) is 2.69. The van der Waals surface area contributed by atoms with Crippen LogP contribution in [-0.2, 0) is 6.42 Å². The third-order valence-corrected chi connectivity index (χ3v) is 3.90. The molecule has 1 aromatic heterocycles. The second-order valence-corrected chi connectivity index (χ2v) is 5.58. The highest BCUT2D eigenvalue weighted by Gasteiger charge is 2.11. The van der Waals surface area contributed by atoms with Crippen molar-refractivity contribution in [3.8, 4) is 5.75 Å². The molecule has 26 heavy (non-hydrogen) atoms. The number of para-hydroxylation sites is 3. The van der Waals surface area contributed by atoms with Crippen LogP contribution in [0, 0.1) is 0 Å². The zero-order valence-electron chi connectivity index (χ0n) is 14.7. The van der Waals surface area contributed by atoms with E-state index in [0.29, 0.717) is 11.6 Å². The number of amides is 1. The molecule has 6 nitrogen and oxygen atoms in total. The summed E-state index contributed by atoms with van der Waals surface area (Å²) in [6.07, 6.45) is 3.80. The molecule has 0 fully saturated rings. The van der Waals surface area contributed by atoms with Gasteiger partial charge in [-0.05, 0) is 30.2 Å². The maximum Gasteiger partial charge on any atom is 0.275 e. The number of aryl methyl sites for hydroxylation is 1. The summed E-state index contributed by atoms with van der Waals surface area (Å²) in [5.74, 6) is 0.939. The summed E-state index contributed by atoms with van der Waals surface area (Å²) in [7, 11) is 1.60. The lowest BCUT2D eigenvalue weighted by Gasteiger charge is -2.11. The number of hydrogen-bond acceptors (Lipinski definition) is 5. The van der Waals surface area contributed by atoms with Crippen molar-refractivity contribution in [1.82, 2.24) is 9.97 Å². The van der Waals surface area contributed by atoms with Crippen molar-refractivity contribution in [2.45, 2.75) is 13.3 Å². The minimum atomic E-state index is -0.290. The van der Waals surface area contributed by atoms with Gasteiger partial charge in [-0.2, -0.15) is 0 Å². The van der Waals surface area contributed by atoms with E-state index in [0.717, 1.165) is 23.4 Å². The van der Waals surface area contributed by atoms with Crippen LogP contribution in [0.5, 0.6) is 5.75 Å². The number of rotatable bonds is 6. The van der Waals surface area contributed by atoms with Crippen molar-refractivity contribution < 1.29 is 9.53 Å². The molecule has 0 saturated carbocycles. The van der Waals surface area contributed by atoms with Crippen LogP contribution in [0.25, 0.3) is 0 Å². The predicted octanol–water partition coefficient (Wildman–Crippen LogP) is 4.04. The maximum atomic E-state index is 12.4. The molecule has 3 aromatic rings. The molecule has 2 aromatic carbocycles. The number of carbonyl (C=O) groups is 1. The molecule has 0 aliphatic carbocycles. The molecule has 3 rings (SSSR count). The van der Waals surface area contributed by atoms with Crippen LogP contribution in [0.3, 0.4) is 0 Å². The predicted molar refractivity (Wildman–Crippen MR) is 102 cm³/mol. The lowest BCUT2D eigenvalue weighted by Crippen LogP contribution is -2.15. The number of nitrogens with one attached hydrogen (secondary N) is 2. The number of aromatic nitrogens is 2. The van der Waals surface area contributed by atoms with Crippen LogP contribution in [0.15, 0.2) is 60.9 Å². The number of benzene rings is 2. The molecule has 0 saturated heterocycles. The highest BCUT2D eigenvalue weighted by atomic mass is 16.5. The van der Waals surface area contributed by atoms with Gasteiger partial charge in [0.15, 0.2) is 0 Å². The van der Waals surface area contributed by atoms with Gasteiger partial charge in [0.2, 0.25) is 0 Å². The summed E-state index contributed by atoms with van der Waals surface area (Å²) in [4.78, 5) is 20.9. The van der Waals surface area contributed by atoms with Gasteiger partial charge < -0.3 is 15.4 Å². The van der Waals surface area contributed by atoms with E-state index in [9.17, 15) is 4.79 Å². The number of carbonyl (C=O) groups excluding carboxylic acids is 1. The summed E-state index contributed by atoms with van der Waals surface area (Å²) in [5, 5.41) is 6.01. The van der Waals surface area contributed by atoms with Gasteiger partial charge >= 0.3 is 0 Å². The van der Waals surface area contributed by atoms with E-state index in [1.807, 2.05) is 55.5 Å². The van der Waals surface area contributed by atoms with E-state index in [4.69, 9.17) is 4.74 Å². The highest BCUT2D eigenvalue weighted by molar-refractivity contribution is 6.03. The van der Waals surface area contributed by atoms with Gasteiger partial charge in [-0.1, -0.05) is 37.3 Å². The Labute approximate surface area is 152 Å². The fraction of sp³-hybridized carbons (Fsp3) is 0.150. The van der Waals surface area contributed by atoms with Gasteiger partial charge in [-0.15, -0.1) is 0 Å². The first kappa shape index (κ1) is 17.4. The van der Waals surface area contributed by atoms with E-state index < -0.39 is 0 Å². The Morgan fingerprint density at radius 1 is 1.00 bits per heavy atom. The van der Waals surface area contributed by atoms with Crippen molar-refractivity contribution >= 4 is 23.1 Å². The van der Waals surface area contributed by atoms with E-state index in [1.54, 1.807) is 7.11 Å². The number of methoxy groups -OCH3 is 1. The molecule has 1 amide bonds. The quantitative estimate of drug-likeness (QED) is 0.703. The average molecular weight is 348 g/mol. The molecule has 0 atom stereocenters. The summed E-state index contributed by atoms with van der Waals surface area (Å²) >= 11 is 0. The minimum absolute atomic E-state index is 0.251. The highest BCUT2D eigenvalue weighted by Crippen LogP contribution is 2.25. The minimum Gasteiger partial charge on any atom is -0.495 e. The SMILES string of the molecule is CCc1ccccc1NC(=O)c1cnc(Nc2ccccc2OC)cn1. The van der Waals surface area contributed by atoms with Crippen molar-refractivity contribution in [2.75, 3.05) is 17.7 Å². The van der Waals surface area contributed by atoms with Crippen molar-refractivity contribution in [3.63, 3.8) is 0 Å². The van der Waals surface area contributed by atoms with Crippen LogP contribution in [0.1, 0.15) is 23.0 Å². The van der Waals surface area contributed by atoms with Crippen molar-refractivity contribution in [1.29, 1.82) is 0 Å². The maximum absolute atomic E-state index is 12.4. The largest absolute Gasteiger partial charge is 0.495 e. The Morgan fingerprint density at radius 2 is 1.73 bits per heavy atom. The second kappa shape index (κ2) is 8.11. The molecule has 6 heteroatoms. The molecule has 132 valence electrons. The van der Waals surface area contributed by atoms with E-state index in [-0.39, 0.29) is 11.6 Å². The summed E-state index contributed by atoms with van der Waals surface area (Å²) in [6.45, 7) is 2.04. The lowest BCUT2D eigenvalue weighted by molar-refractivity contribution is 0.102. The number of anilines is 3. The lowest BCUT2D eigenvalue weighted by atomic mass is 10.1. The van der Waals surface area contributed by atoms with E-state index >= 15 is 0 Å². The van der Waals surface area contributed by atoms with Crippen LogP contribution in [0.2, 0.25) is 0 Å². The smallest absolute Gasteiger partial charge is 0.275 e. The number of hydrogen-bond donors (Lipinski definition) is 2. The molecule has 0 aliphatic heterocycles. The number of nitrogens with zero attached hydrogens (tertiary/aromatic N) is 2.